The Balaban J connectivity index is 2.34. The number of likely N-dealkylation sites (N-methyl/N-ethyl adjacent to an activating group) is 1. The molecule has 0 spiro atoms. The van der Waals surface area contributed by atoms with Crippen molar-refractivity contribution in [1.82, 2.24) is 5.32 Å². The quantitative estimate of drug-likeness (QED) is 0.502. The number of hydrogen-bond donors (Lipinski definition) is 3. The first-order valence-electron chi connectivity index (χ1n) is 6.98. The molecule has 21 heavy (non-hydrogen) atoms. The van der Waals surface area contributed by atoms with E-state index in [1.807, 2.05) is 0 Å². The molecule has 0 fully saturated rings. The second kappa shape index (κ2) is 9.92. The van der Waals surface area contributed by atoms with Crippen molar-refractivity contribution in [3.05, 3.63) is 24.3 Å². The van der Waals surface area contributed by atoms with E-state index >= 15 is 0 Å². The summed E-state index contributed by atoms with van der Waals surface area (Å²) in [5, 5.41) is 6.75. The van der Waals surface area contributed by atoms with Gasteiger partial charge in [0.25, 0.3) is 5.76 Å². The summed E-state index contributed by atoms with van der Waals surface area (Å²) >= 11 is 5.74. The molecule has 0 aromatic heterocycles. The van der Waals surface area contributed by atoms with Gasteiger partial charge in [-0.05, 0) is 50.3 Å². The van der Waals surface area contributed by atoms with Gasteiger partial charge in [-0.15, -0.1) is 0 Å². The van der Waals surface area contributed by atoms with Crippen LogP contribution in [0.3, 0.4) is 0 Å². The molecular weight excluding hydrogens is 312 g/mol. The Kier molecular flexibility index (Phi) is 8.56. The first-order chi connectivity index (χ1) is 10.0. The fraction of sp³-hybridized carbons (Fsp3) is 0.500. The maximum atomic E-state index is 12.2. The summed E-state index contributed by atoms with van der Waals surface area (Å²) in [7, 11) is 0. The van der Waals surface area contributed by atoms with Gasteiger partial charge in [-0.3, -0.25) is 0 Å². The second-order valence-corrected chi connectivity index (χ2v) is 5.96. The van der Waals surface area contributed by atoms with Crippen molar-refractivity contribution < 1.29 is 13.7 Å². The van der Waals surface area contributed by atoms with E-state index < -0.39 is 5.76 Å². The zero-order valence-corrected chi connectivity index (χ0v) is 13.9. The predicted octanol–water partition coefficient (Wildman–Crippen LogP) is 2.21. The number of quaternary nitrogens is 1. The summed E-state index contributed by atoms with van der Waals surface area (Å²) in [5.41, 5.74) is 0.793. The van der Waals surface area contributed by atoms with E-state index in [1.54, 1.807) is 24.3 Å². The molecule has 118 valence electrons. The Morgan fingerprint density at radius 3 is 2.38 bits per heavy atom. The number of thioether (sulfide) groups is 1. The number of hydrogen-bond acceptors (Lipinski definition) is 2. The maximum absolute atomic E-state index is 12.2. The van der Waals surface area contributed by atoms with Crippen LogP contribution in [0.25, 0.3) is 0 Å². The average Bonchev–Trinajstić information content (AvgIpc) is 2.45. The number of halogens is 2. The van der Waals surface area contributed by atoms with Gasteiger partial charge in [0.1, 0.15) is 0 Å². The van der Waals surface area contributed by atoms with Crippen molar-refractivity contribution in [3.63, 3.8) is 0 Å². The monoisotopic (exact) mass is 334 g/mol. The first-order valence-corrected chi connectivity index (χ1v) is 8.27. The van der Waals surface area contributed by atoms with E-state index in [0.717, 1.165) is 31.9 Å². The largest absolute Gasteiger partial charge is 0.357 e. The number of alkyl halides is 2. The average molecular weight is 334 g/mol. The third kappa shape index (κ3) is 7.59. The highest BCUT2D eigenvalue weighted by atomic mass is 32.2. The first kappa shape index (κ1) is 18.1. The molecule has 3 N–H and O–H groups in total. The normalized spacial score (nSPS) is 11.0. The third-order valence-corrected chi connectivity index (χ3v) is 4.07. The van der Waals surface area contributed by atoms with Crippen LogP contribution >= 0.6 is 24.0 Å². The summed E-state index contributed by atoms with van der Waals surface area (Å²) in [6.07, 6.45) is 0. The maximum Gasteiger partial charge on any atom is 0.288 e. The standard InChI is InChI=1S/C14H21F2N3S2/c1-3-19(4-2)10-9-17-14(20)18-11-5-7-12(8-6-11)21-13(15)16/h5-8,13H,3-4,9-10H2,1-2H3,(H2,17,18,20)/p+1. The van der Waals surface area contributed by atoms with Gasteiger partial charge in [0.05, 0.1) is 26.2 Å². The van der Waals surface area contributed by atoms with Gasteiger partial charge in [-0.2, -0.15) is 8.78 Å². The van der Waals surface area contributed by atoms with Crippen LogP contribution in [0.2, 0.25) is 0 Å². The van der Waals surface area contributed by atoms with E-state index in [2.05, 4.69) is 24.5 Å². The van der Waals surface area contributed by atoms with Crippen molar-refractivity contribution in [2.45, 2.75) is 24.5 Å². The van der Waals surface area contributed by atoms with Gasteiger partial charge in [0.2, 0.25) is 0 Å². The van der Waals surface area contributed by atoms with Crippen LogP contribution in [-0.4, -0.2) is 37.0 Å². The fourth-order valence-electron chi connectivity index (χ4n) is 1.85. The highest BCUT2D eigenvalue weighted by Crippen LogP contribution is 2.26. The number of anilines is 1. The molecule has 0 aliphatic heterocycles. The molecule has 3 nitrogen and oxygen atoms in total. The predicted molar refractivity (Wildman–Crippen MR) is 89.4 cm³/mol. The molecule has 1 aromatic carbocycles. The smallest absolute Gasteiger partial charge is 0.288 e. The van der Waals surface area contributed by atoms with Gasteiger partial charge < -0.3 is 15.5 Å². The second-order valence-electron chi connectivity index (χ2n) is 4.49. The number of benzene rings is 1. The van der Waals surface area contributed by atoms with Gasteiger partial charge >= 0.3 is 0 Å². The molecule has 0 amide bonds. The van der Waals surface area contributed by atoms with Crippen LogP contribution in [0.5, 0.6) is 0 Å². The van der Waals surface area contributed by atoms with Crippen molar-refractivity contribution in [1.29, 1.82) is 0 Å². The molecule has 7 heteroatoms. The summed E-state index contributed by atoms with van der Waals surface area (Å²) in [5.74, 6) is -2.39. The Labute approximate surface area is 134 Å². The Bertz CT molecular complexity index is 423. The van der Waals surface area contributed by atoms with E-state index in [0.29, 0.717) is 21.8 Å². The van der Waals surface area contributed by atoms with E-state index in [4.69, 9.17) is 12.2 Å². The van der Waals surface area contributed by atoms with Crippen LogP contribution in [-0.2, 0) is 0 Å². The number of rotatable bonds is 8. The summed E-state index contributed by atoms with van der Waals surface area (Å²) in [4.78, 5) is 2.05. The lowest BCUT2D eigenvalue weighted by molar-refractivity contribution is -0.895. The van der Waals surface area contributed by atoms with Gasteiger partial charge in [-0.1, -0.05) is 11.8 Å². The minimum absolute atomic E-state index is 0.536. The van der Waals surface area contributed by atoms with Crippen LogP contribution < -0.4 is 15.5 Å². The zero-order chi connectivity index (χ0) is 15.7. The van der Waals surface area contributed by atoms with Crippen molar-refractivity contribution >= 4 is 34.8 Å². The molecule has 1 aromatic rings. The van der Waals surface area contributed by atoms with Gasteiger partial charge in [0.15, 0.2) is 5.11 Å². The van der Waals surface area contributed by atoms with Crippen molar-refractivity contribution in [2.75, 3.05) is 31.5 Å². The minimum atomic E-state index is -2.39. The highest BCUT2D eigenvalue weighted by Gasteiger charge is 2.06. The molecule has 0 heterocycles. The summed E-state index contributed by atoms with van der Waals surface area (Å²) in [6, 6.07) is 6.80. The molecule has 0 radical (unpaired) electrons. The molecule has 0 saturated carbocycles. The molecule has 1 rings (SSSR count). The fourth-order valence-corrected chi connectivity index (χ4v) is 2.57. The SMILES string of the molecule is CC[NH+](CC)CCNC(=S)Nc1ccc(SC(F)F)cc1. The molecule has 0 atom stereocenters. The third-order valence-electron chi connectivity index (χ3n) is 3.10. The molecule has 0 saturated heterocycles. The van der Waals surface area contributed by atoms with E-state index in [-0.39, 0.29) is 0 Å². The zero-order valence-electron chi connectivity index (χ0n) is 12.3. The molecule has 0 aliphatic rings. The lowest BCUT2D eigenvalue weighted by Gasteiger charge is -2.16. The Morgan fingerprint density at radius 1 is 1.24 bits per heavy atom. The molecule has 0 unspecified atom stereocenters. The van der Waals surface area contributed by atoms with Crippen molar-refractivity contribution in [3.8, 4) is 0 Å². The van der Waals surface area contributed by atoms with Crippen molar-refractivity contribution in [2.24, 2.45) is 0 Å². The lowest BCUT2D eigenvalue weighted by Crippen LogP contribution is -3.12. The summed E-state index contributed by atoms with van der Waals surface area (Å²) in [6.45, 7) is 8.34. The van der Waals surface area contributed by atoms with Crippen LogP contribution in [0.15, 0.2) is 29.2 Å². The topological polar surface area (TPSA) is 28.5 Å². The molecular formula is C14H22F2N3S2+. The van der Waals surface area contributed by atoms with Crippen LogP contribution in [0, 0.1) is 0 Å². The Morgan fingerprint density at radius 2 is 1.86 bits per heavy atom. The highest BCUT2D eigenvalue weighted by molar-refractivity contribution is 7.99. The Hall–Kier alpha value is -0.920. The lowest BCUT2D eigenvalue weighted by atomic mass is 10.3. The van der Waals surface area contributed by atoms with Gasteiger partial charge in [-0.25, -0.2) is 0 Å². The van der Waals surface area contributed by atoms with Gasteiger partial charge in [0, 0.05) is 10.6 Å². The van der Waals surface area contributed by atoms with E-state index in [9.17, 15) is 8.78 Å². The van der Waals surface area contributed by atoms with Crippen LogP contribution in [0.1, 0.15) is 13.8 Å². The molecule has 0 bridgehead atoms. The van der Waals surface area contributed by atoms with E-state index in [1.165, 1.54) is 4.90 Å². The minimum Gasteiger partial charge on any atom is -0.357 e. The van der Waals surface area contributed by atoms with Crippen LogP contribution in [0.4, 0.5) is 14.5 Å². The molecule has 0 aliphatic carbocycles. The summed E-state index contributed by atoms with van der Waals surface area (Å²) < 4.78 is 24.4. The number of thiocarbonyl (C=S) groups is 1. The number of nitrogens with one attached hydrogen (secondary N) is 3.